The van der Waals surface area contributed by atoms with Crippen LogP contribution in [0.2, 0.25) is 0 Å². The molecule has 0 saturated heterocycles. The van der Waals surface area contributed by atoms with Gasteiger partial charge in [0.25, 0.3) is 5.69 Å². The van der Waals surface area contributed by atoms with Crippen molar-refractivity contribution in [1.29, 1.82) is 0 Å². The molecule has 0 fully saturated rings. The second-order valence-electron chi connectivity index (χ2n) is 3.24. The maximum Gasteiger partial charge on any atom is 0.313 e. The Bertz CT molecular complexity index is 477. The van der Waals surface area contributed by atoms with Gasteiger partial charge in [0.2, 0.25) is 5.91 Å². The number of hydrogen-bond acceptors (Lipinski definition) is 5. The molecule has 0 aliphatic carbocycles. The summed E-state index contributed by atoms with van der Waals surface area (Å²) in [5.41, 5.74) is 0.191. The lowest BCUT2D eigenvalue weighted by Gasteiger charge is -2.04. The van der Waals surface area contributed by atoms with Gasteiger partial charge in [0.05, 0.1) is 16.4 Å². The third-order valence-electron chi connectivity index (χ3n) is 1.80. The summed E-state index contributed by atoms with van der Waals surface area (Å²) in [6, 6.07) is 5.53. The van der Waals surface area contributed by atoms with Gasteiger partial charge in [-0.1, -0.05) is 6.07 Å². The van der Waals surface area contributed by atoms with Gasteiger partial charge in [-0.3, -0.25) is 19.7 Å². The van der Waals surface area contributed by atoms with E-state index in [0.717, 1.165) is 11.8 Å². The molecule has 7 nitrogen and oxygen atoms in total. The number of nitrogens with one attached hydrogen (secondary N) is 1. The van der Waals surface area contributed by atoms with Crippen LogP contribution in [0.3, 0.4) is 0 Å². The zero-order valence-electron chi connectivity index (χ0n) is 9.16. The van der Waals surface area contributed by atoms with Gasteiger partial charge in [-0.15, -0.1) is 11.8 Å². The van der Waals surface area contributed by atoms with E-state index in [9.17, 15) is 19.7 Å². The molecule has 0 aromatic heterocycles. The number of nitrogens with zero attached hydrogens (tertiary/aromatic N) is 1. The van der Waals surface area contributed by atoms with Crippen molar-refractivity contribution in [2.24, 2.45) is 0 Å². The Kier molecular flexibility index (Phi) is 5.12. The van der Waals surface area contributed by atoms with Crippen molar-refractivity contribution in [3.63, 3.8) is 0 Å². The topological polar surface area (TPSA) is 110 Å². The zero-order chi connectivity index (χ0) is 13.5. The summed E-state index contributed by atoms with van der Waals surface area (Å²) in [6.45, 7) is 0. The number of carbonyl (C=O) groups excluding carboxylic acids is 1. The first-order valence-corrected chi connectivity index (χ1v) is 5.98. The highest BCUT2D eigenvalue weighted by atomic mass is 32.2. The molecule has 2 N–H and O–H groups in total. The van der Waals surface area contributed by atoms with Gasteiger partial charge in [0, 0.05) is 17.8 Å². The molecule has 0 radical (unpaired) electrons. The first-order chi connectivity index (χ1) is 8.49. The summed E-state index contributed by atoms with van der Waals surface area (Å²) < 4.78 is 0. The van der Waals surface area contributed by atoms with Crippen molar-refractivity contribution >= 4 is 35.0 Å². The van der Waals surface area contributed by atoms with Crippen molar-refractivity contribution in [3.8, 4) is 0 Å². The Balaban J connectivity index is 2.51. The average molecular weight is 270 g/mol. The molecule has 8 heteroatoms. The second-order valence-corrected chi connectivity index (χ2v) is 4.23. The Hall–Kier alpha value is -2.09. The van der Waals surface area contributed by atoms with Gasteiger partial charge in [-0.05, 0) is 6.07 Å². The molecule has 0 aliphatic rings. The normalized spacial score (nSPS) is 9.78. The highest BCUT2D eigenvalue weighted by molar-refractivity contribution is 8.00. The van der Waals surface area contributed by atoms with Crippen LogP contribution in [0, 0.1) is 10.1 Å². The molecule has 0 saturated carbocycles. The molecule has 1 rings (SSSR count). The highest BCUT2D eigenvalue weighted by Crippen LogP contribution is 2.17. The van der Waals surface area contributed by atoms with Crippen molar-refractivity contribution in [1.82, 2.24) is 0 Å². The summed E-state index contributed by atoms with van der Waals surface area (Å²) in [4.78, 5) is 31.6. The number of aliphatic carboxylic acids is 1. The number of nitro groups is 1. The van der Waals surface area contributed by atoms with E-state index in [1.165, 1.54) is 24.3 Å². The number of benzene rings is 1. The summed E-state index contributed by atoms with van der Waals surface area (Å²) in [7, 11) is 0. The Labute approximate surface area is 106 Å². The fourth-order valence-electron chi connectivity index (χ4n) is 1.13. The Morgan fingerprint density at radius 1 is 1.39 bits per heavy atom. The van der Waals surface area contributed by atoms with Gasteiger partial charge < -0.3 is 10.4 Å². The lowest BCUT2D eigenvalue weighted by molar-refractivity contribution is -0.384. The molecule has 18 heavy (non-hydrogen) atoms. The number of nitro benzene ring substituents is 1. The second kappa shape index (κ2) is 6.60. The smallest absolute Gasteiger partial charge is 0.313 e. The molecule has 0 heterocycles. The van der Waals surface area contributed by atoms with E-state index in [1.54, 1.807) is 0 Å². The van der Waals surface area contributed by atoms with E-state index in [0.29, 0.717) is 5.69 Å². The number of hydrogen-bond donors (Lipinski definition) is 2. The standard InChI is InChI=1S/C10H10N2O5S/c13-9(5-18-6-10(14)15)11-7-2-1-3-8(4-7)12(16)17/h1-4H,5-6H2,(H,11,13)(H,14,15). The number of carbonyl (C=O) groups is 2. The van der Waals surface area contributed by atoms with E-state index in [1.807, 2.05) is 0 Å². The van der Waals surface area contributed by atoms with Gasteiger partial charge in [0.1, 0.15) is 0 Å². The number of non-ortho nitro benzene ring substituents is 1. The van der Waals surface area contributed by atoms with Crippen molar-refractivity contribution < 1.29 is 19.6 Å². The Morgan fingerprint density at radius 2 is 2.11 bits per heavy atom. The van der Waals surface area contributed by atoms with E-state index in [2.05, 4.69) is 5.32 Å². The average Bonchev–Trinajstić information content (AvgIpc) is 2.28. The van der Waals surface area contributed by atoms with Gasteiger partial charge >= 0.3 is 5.97 Å². The first kappa shape index (κ1) is 14.0. The summed E-state index contributed by atoms with van der Waals surface area (Å²) >= 11 is 0.954. The molecular formula is C10H10N2O5S. The maximum atomic E-state index is 11.4. The van der Waals surface area contributed by atoms with Crippen LogP contribution in [0.4, 0.5) is 11.4 Å². The minimum atomic E-state index is -0.997. The molecule has 1 aromatic carbocycles. The van der Waals surface area contributed by atoms with Crippen molar-refractivity contribution in [3.05, 3.63) is 34.4 Å². The predicted molar refractivity (Wildman–Crippen MR) is 66.7 cm³/mol. The van der Waals surface area contributed by atoms with Crippen LogP contribution in [0.15, 0.2) is 24.3 Å². The van der Waals surface area contributed by atoms with Crippen LogP contribution in [-0.4, -0.2) is 33.4 Å². The lowest BCUT2D eigenvalue weighted by Crippen LogP contribution is -2.15. The predicted octanol–water partition coefficient (Wildman–Crippen LogP) is 1.35. The fraction of sp³-hybridized carbons (Fsp3) is 0.200. The maximum absolute atomic E-state index is 11.4. The fourth-order valence-corrected chi connectivity index (χ4v) is 1.66. The van der Waals surface area contributed by atoms with Gasteiger partial charge in [-0.2, -0.15) is 0 Å². The van der Waals surface area contributed by atoms with E-state index in [4.69, 9.17) is 5.11 Å². The van der Waals surface area contributed by atoms with Gasteiger partial charge in [0.15, 0.2) is 0 Å². The highest BCUT2D eigenvalue weighted by Gasteiger charge is 2.08. The third-order valence-corrected chi connectivity index (χ3v) is 2.72. The number of rotatable bonds is 6. The molecule has 0 spiro atoms. The van der Waals surface area contributed by atoms with Crippen LogP contribution in [-0.2, 0) is 9.59 Å². The van der Waals surface area contributed by atoms with Crippen LogP contribution >= 0.6 is 11.8 Å². The molecule has 0 atom stereocenters. The molecule has 0 unspecified atom stereocenters. The SMILES string of the molecule is O=C(O)CSCC(=O)Nc1cccc([N+](=O)[O-])c1. The third kappa shape index (κ3) is 4.83. The zero-order valence-corrected chi connectivity index (χ0v) is 9.98. The van der Waals surface area contributed by atoms with Crippen LogP contribution in [0.5, 0.6) is 0 Å². The monoisotopic (exact) mass is 270 g/mol. The minimum absolute atomic E-state index is 0.0189. The van der Waals surface area contributed by atoms with E-state index in [-0.39, 0.29) is 17.2 Å². The molecule has 96 valence electrons. The Morgan fingerprint density at radius 3 is 2.72 bits per heavy atom. The number of anilines is 1. The van der Waals surface area contributed by atoms with Crippen LogP contribution in [0.25, 0.3) is 0 Å². The largest absolute Gasteiger partial charge is 0.481 e. The van der Waals surface area contributed by atoms with Crippen molar-refractivity contribution in [2.45, 2.75) is 0 Å². The quantitative estimate of drug-likeness (QED) is 0.596. The number of thioether (sulfide) groups is 1. The minimum Gasteiger partial charge on any atom is -0.481 e. The van der Waals surface area contributed by atoms with E-state index < -0.39 is 16.8 Å². The summed E-state index contributed by atoms with van der Waals surface area (Å²) in [5.74, 6) is -1.58. The van der Waals surface area contributed by atoms with Crippen molar-refractivity contribution in [2.75, 3.05) is 16.8 Å². The van der Waals surface area contributed by atoms with Gasteiger partial charge in [-0.25, -0.2) is 0 Å². The first-order valence-electron chi connectivity index (χ1n) is 4.83. The number of carboxylic acids is 1. The molecule has 1 amide bonds. The van der Waals surface area contributed by atoms with Crippen LogP contribution < -0.4 is 5.32 Å². The summed E-state index contributed by atoms with van der Waals surface area (Å²) in [5, 5.41) is 21.3. The molecule has 0 aliphatic heterocycles. The summed E-state index contributed by atoms with van der Waals surface area (Å²) in [6.07, 6.45) is 0. The number of amides is 1. The van der Waals surface area contributed by atoms with E-state index >= 15 is 0 Å². The molecular weight excluding hydrogens is 260 g/mol. The lowest BCUT2D eigenvalue weighted by atomic mass is 10.3. The van der Waals surface area contributed by atoms with Crippen LogP contribution in [0.1, 0.15) is 0 Å². The number of carboxylic acid groups (broad SMARTS) is 1. The molecule has 0 bridgehead atoms. The molecule has 1 aromatic rings.